The van der Waals surface area contributed by atoms with Crippen LogP contribution in [0.1, 0.15) is 21.6 Å². The molecule has 0 aliphatic rings. The molecule has 1 aromatic carbocycles. The summed E-state index contributed by atoms with van der Waals surface area (Å²) in [6.07, 6.45) is 0. The van der Waals surface area contributed by atoms with Gasteiger partial charge in [0.2, 0.25) is 0 Å². The maximum Gasteiger partial charge on any atom is 0.251 e. The zero-order valence-corrected chi connectivity index (χ0v) is 13.0. The molecule has 1 heterocycles. The number of carbonyl (C=O) groups is 1. The van der Waals surface area contributed by atoms with Gasteiger partial charge in [-0.05, 0) is 30.7 Å². The van der Waals surface area contributed by atoms with Crippen LogP contribution in [0.3, 0.4) is 0 Å². The first-order valence-electron chi connectivity index (χ1n) is 6.28. The number of hydrogen-bond donors (Lipinski definition) is 2. The third kappa shape index (κ3) is 3.57. The molecule has 0 saturated heterocycles. The molecule has 2 aromatic rings. The van der Waals surface area contributed by atoms with Crippen LogP contribution in [0.4, 0.5) is 5.82 Å². The summed E-state index contributed by atoms with van der Waals surface area (Å²) in [5.74, 6) is 0.582. The molecule has 20 heavy (non-hydrogen) atoms. The molecule has 0 saturated carbocycles. The first-order chi connectivity index (χ1) is 9.60. The Hall–Kier alpha value is -1.88. The van der Waals surface area contributed by atoms with Gasteiger partial charge in [0.05, 0.1) is 0 Å². The molecule has 0 atom stereocenters. The second-order valence-electron chi connectivity index (χ2n) is 4.41. The molecule has 4 nitrogen and oxygen atoms in total. The van der Waals surface area contributed by atoms with Crippen LogP contribution in [0, 0.1) is 6.92 Å². The molecular formula is C15H16BrN3O. The topological polar surface area (TPSA) is 54.0 Å². The summed E-state index contributed by atoms with van der Waals surface area (Å²) in [4.78, 5) is 16.4. The summed E-state index contributed by atoms with van der Waals surface area (Å²) in [5, 5.41) is 5.86. The number of anilines is 1. The molecule has 0 unspecified atom stereocenters. The highest BCUT2D eigenvalue weighted by Crippen LogP contribution is 2.16. The van der Waals surface area contributed by atoms with Crippen LogP contribution in [0.25, 0.3) is 0 Å². The van der Waals surface area contributed by atoms with Gasteiger partial charge in [-0.15, -0.1) is 0 Å². The average Bonchev–Trinajstić information content (AvgIpc) is 2.45. The summed E-state index contributed by atoms with van der Waals surface area (Å²) in [5.41, 5.74) is 2.46. The van der Waals surface area contributed by atoms with Gasteiger partial charge in [-0.2, -0.15) is 0 Å². The first kappa shape index (κ1) is 14.5. The fourth-order valence-electron chi connectivity index (χ4n) is 1.85. The number of aryl methyl sites for hydroxylation is 1. The molecule has 0 bridgehead atoms. The van der Waals surface area contributed by atoms with E-state index >= 15 is 0 Å². The van der Waals surface area contributed by atoms with Gasteiger partial charge in [0.25, 0.3) is 5.91 Å². The number of benzene rings is 1. The van der Waals surface area contributed by atoms with Gasteiger partial charge < -0.3 is 10.6 Å². The van der Waals surface area contributed by atoms with E-state index in [2.05, 4.69) is 31.5 Å². The van der Waals surface area contributed by atoms with Crippen LogP contribution < -0.4 is 10.6 Å². The second-order valence-corrected chi connectivity index (χ2v) is 5.26. The van der Waals surface area contributed by atoms with Crippen molar-refractivity contribution in [3.05, 3.63) is 57.7 Å². The lowest BCUT2D eigenvalue weighted by molar-refractivity contribution is 0.0950. The Labute approximate surface area is 126 Å². The quantitative estimate of drug-likeness (QED) is 0.903. The second kappa shape index (κ2) is 6.52. The highest BCUT2D eigenvalue weighted by molar-refractivity contribution is 9.10. The van der Waals surface area contributed by atoms with Crippen molar-refractivity contribution in [1.82, 2.24) is 10.3 Å². The van der Waals surface area contributed by atoms with E-state index < -0.39 is 0 Å². The van der Waals surface area contributed by atoms with Crippen LogP contribution in [0.5, 0.6) is 0 Å². The van der Waals surface area contributed by atoms with Crippen molar-refractivity contribution < 1.29 is 4.79 Å². The maximum atomic E-state index is 12.2. The number of amides is 1. The Morgan fingerprint density at radius 2 is 2.05 bits per heavy atom. The minimum absolute atomic E-state index is 0.109. The molecule has 2 N–H and O–H groups in total. The lowest BCUT2D eigenvalue weighted by Gasteiger charge is -2.09. The molecule has 2 rings (SSSR count). The summed E-state index contributed by atoms with van der Waals surface area (Å²) >= 11 is 3.47. The minimum Gasteiger partial charge on any atom is -0.373 e. The Morgan fingerprint density at radius 1 is 1.30 bits per heavy atom. The van der Waals surface area contributed by atoms with Crippen molar-refractivity contribution >= 4 is 27.7 Å². The fourth-order valence-corrected chi connectivity index (χ4v) is 2.27. The fraction of sp³-hybridized carbons (Fsp3) is 0.200. The van der Waals surface area contributed by atoms with Crippen LogP contribution in [0.2, 0.25) is 0 Å². The Kier molecular flexibility index (Phi) is 4.74. The third-order valence-electron chi connectivity index (χ3n) is 2.87. The summed E-state index contributed by atoms with van der Waals surface area (Å²) in [7, 11) is 1.78. The van der Waals surface area contributed by atoms with Crippen LogP contribution in [-0.2, 0) is 6.54 Å². The lowest BCUT2D eigenvalue weighted by atomic mass is 10.2. The van der Waals surface area contributed by atoms with E-state index in [1.807, 2.05) is 31.2 Å². The van der Waals surface area contributed by atoms with Crippen LogP contribution >= 0.6 is 15.9 Å². The van der Waals surface area contributed by atoms with E-state index in [1.165, 1.54) is 0 Å². The monoisotopic (exact) mass is 333 g/mol. The normalized spacial score (nSPS) is 10.2. The largest absolute Gasteiger partial charge is 0.373 e. The molecule has 1 aromatic heterocycles. The zero-order valence-electron chi connectivity index (χ0n) is 11.4. The predicted molar refractivity (Wildman–Crippen MR) is 83.8 cm³/mol. The van der Waals surface area contributed by atoms with Crippen LogP contribution in [-0.4, -0.2) is 17.9 Å². The molecule has 0 fully saturated rings. The van der Waals surface area contributed by atoms with Crippen molar-refractivity contribution in [2.24, 2.45) is 0 Å². The van der Waals surface area contributed by atoms with Gasteiger partial charge in [-0.1, -0.05) is 34.1 Å². The van der Waals surface area contributed by atoms with Gasteiger partial charge in [0.15, 0.2) is 0 Å². The van der Waals surface area contributed by atoms with Gasteiger partial charge in [-0.25, -0.2) is 4.98 Å². The number of nitrogens with one attached hydrogen (secondary N) is 2. The molecular weight excluding hydrogens is 318 g/mol. The van der Waals surface area contributed by atoms with Crippen LogP contribution in [0.15, 0.2) is 40.9 Å². The van der Waals surface area contributed by atoms with E-state index in [1.54, 1.807) is 19.2 Å². The molecule has 0 aliphatic carbocycles. The van der Waals surface area contributed by atoms with E-state index in [9.17, 15) is 4.79 Å². The molecule has 0 aliphatic heterocycles. The highest BCUT2D eigenvalue weighted by atomic mass is 79.9. The Bertz CT molecular complexity index is 628. The number of pyridine rings is 1. The molecule has 0 radical (unpaired) electrons. The van der Waals surface area contributed by atoms with Gasteiger partial charge in [-0.3, -0.25) is 4.79 Å². The van der Waals surface area contributed by atoms with Crippen molar-refractivity contribution in [2.75, 3.05) is 12.4 Å². The SMILES string of the molecule is CNc1cc(C(=O)NCc2ccccc2Br)cc(C)n1. The standard InChI is InChI=1S/C15H16BrN3O/c1-10-7-12(8-14(17-2)19-10)15(20)18-9-11-5-3-4-6-13(11)16/h3-8H,9H2,1-2H3,(H,17,19)(H,18,20). The lowest BCUT2D eigenvalue weighted by Crippen LogP contribution is -2.23. The van der Waals surface area contributed by atoms with Gasteiger partial charge >= 0.3 is 0 Å². The van der Waals surface area contributed by atoms with Crippen molar-refractivity contribution in [1.29, 1.82) is 0 Å². The average molecular weight is 334 g/mol. The van der Waals surface area contributed by atoms with E-state index in [4.69, 9.17) is 0 Å². The number of carbonyl (C=O) groups excluding carboxylic acids is 1. The predicted octanol–water partition coefficient (Wildman–Crippen LogP) is 3.12. The summed E-state index contributed by atoms with van der Waals surface area (Å²) < 4.78 is 0.988. The van der Waals surface area contributed by atoms with Gasteiger partial charge in [0.1, 0.15) is 5.82 Å². The Morgan fingerprint density at radius 3 is 2.75 bits per heavy atom. The van der Waals surface area contributed by atoms with E-state index in [0.717, 1.165) is 15.7 Å². The summed E-state index contributed by atoms with van der Waals surface area (Å²) in [6.45, 7) is 2.35. The highest BCUT2D eigenvalue weighted by Gasteiger charge is 2.08. The molecule has 0 spiro atoms. The number of rotatable bonds is 4. The molecule has 1 amide bonds. The molecule has 5 heteroatoms. The smallest absolute Gasteiger partial charge is 0.251 e. The van der Waals surface area contributed by atoms with Crippen molar-refractivity contribution in [3.8, 4) is 0 Å². The number of nitrogens with zero attached hydrogens (tertiary/aromatic N) is 1. The number of hydrogen-bond acceptors (Lipinski definition) is 3. The van der Waals surface area contributed by atoms with E-state index in [0.29, 0.717) is 17.9 Å². The van der Waals surface area contributed by atoms with Crippen molar-refractivity contribution in [2.45, 2.75) is 13.5 Å². The zero-order chi connectivity index (χ0) is 14.5. The first-order valence-corrected chi connectivity index (χ1v) is 7.07. The summed E-state index contributed by atoms with van der Waals surface area (Å²) in [6, 6.07) is 11.3. The number of aromatic nitrogens is 1. The number of halogens is 1. The van der Waals surface area contributed by atoms with E-state index in [-0.39, 0.29) is 5.91 Å². The Balaban J connectivity index is 2.09. The minimum atomic E-state index is -0.109. The van der Waals surface area contributed by atoms with Crippen molar-refractivity contribution in [3.63, 3.8) is 0 Å². The van der Waals surface area contributed by atoms with Gasteiger partial charge in [0, 0.05) is 29.3 Å². The third-order valence-corrected chi connectivity index (χ3v) is 3.64. The molecule has 104 valence electrons. The maximum absolute atomic E-state index is 12.2.